The topological polar surface area (TPSA) is 91.9 Å². The largest absolute Gasteiger partial charge is 0.643 e. The molecule has 2 atom stereocenters. The van der Waals surface area contributed by atoms with Crippen molar-refractivity contribution in [1.29, 1.82) is 0 Å². The van der Waals surface area contributed by atoms with E-state index in [1.807, 2.05) is 24.3 Å². The smallest absolute Gasteiger partial charge is 0.480 e. The summed E-state index contributed by atoms with van der Waals surface area (Å²) in [7, 11) is -2.44. The first-order chi connectivity index (χ1) is 11.8. The zero-order valence-electron chi connectivity index (χ0n) is 14.8. The molecule has 0 spiro atoms. The second-order valence-electron chi connectivity index (χ2n) is 6.27. The molecule has 0 aliphatic heterocycles. The van der Waals surface area contributed by atoms with Gasteiger partial charge in [0.05, 0.1) is 10.9 Å². The van der Waals surface area contributed by atoms with Gasteiger partial charge in [0.2, 0.25) is 0 Å². The Morgan fingerprint density at radius 1 is 1.24 bits per heavy atom. The molecule has 0 fully saturated rings. The number of hydroxylamine groups is 1. The molecule has 8 heteroatoms. The van der Waals surface area contributed by atoms with Crippen LogP contribution in [0.2, 0.25) is 0 Å². The summed E-state index contributed by atoms with van der Waals surface area (Å²) in [5.41, 5.74) is 1.73. The van der Waals surface area contributed by atoms with Crippen LogP contribution in [-0.2, 0) is 25.1 Å². The van der Waals surface area contributed by atoms with Gasteiger partial charge in [-0.1, -0.05) is 18.2 Å². The van der Waals surface area contributed by atoms with Crippen molar-refractivity contribution < 1.29 is 23.8 Å². The van der Waals surface area contributed by atoms with Crippen molar-refractivity contribution in [2.24, 2.45) is 0 Å². The minimum atomic E-state index is -2.44. The Hall–Kier alpha value is -1.79. The van der Waals surface area contributed by atoms with E-state index in [1.54, 1.807) is 33.9 Å². The van der Waals surface area contributed by atoms with Crippen molar-refractivity contribution in [2.75, 3.05) is 0 Å². The highest BCUT2D eigenvalue weighted by Crippen LogP contribution is 2.35. The predicted molar refractivity (Wildman–Crippen MR) is 95.3 cm³/mol. The van der Waals surface area contributed by atoms with Crippen LogP contribution in [0.25, 0.3) is 10.9 Å². The van der Waals surface area contributed by atoms with Crippen LogP contribution in [0, 0.1) is 0 Å². The van der Waals surface area contributed by atoms with Crippen molar-refractivity contribution in [3.05, 3.63) is 36.0 Å². The average molecular weight is 367 g/mol. The monoisotopic (exact) mass is 367 g/mol. The van der Waals surface area contributed by atoms with Gasteiger partial charge in [-0.3, -0.25) is 9.63 Å². The summed E-state index contributed by atoms with van der Waals surface area (Å²) < 4.78 is 17.8. The highest BCUT2D eigenvalue weighted by Gasteiger charge is 2.45. The van der Waals surface area contributed by atoms with Gasteiger partial charge >= 0.3 is 14.1 Å². The summed E-state index contributed by atoms with van der Waals surface area (Å²) in [4.78, 5) is 21.5. The molecule has 2 unspecified atom stereocenters. The minimum Gasteiger partial charge on any atom is -0.480 e. The number of carboxylic acids is 1. The molecule has 2 rings (SSSR count). The third kappa shape index (κ3) is 5.09. The number of hydrogen-bond acceptors (Lipinski definition) is 4. The zero-order valence-corrected chi connectivity index (χ0v) is 15.7. The summed E-state index contributed by atoms with van der Waals surface area (Å²) in [6.07, 6.45) is 1.25. The van der Waals surface area contributed by atoms with Crippen LogP contribution in [0.15, 0.2) is 30.5 Å². The van der Waals surface area contributed by atoms with E-state index in [2.05, 4.69) is 4.98 Å². The number of carboxylic acid groups (broad SMARTS) is 1. The summed E-state index contributed by atoms with van der Waals surface area (Å²) in [5.74, 6) is -1.12. The number of aromatic amines is 1. The van der Waals surface area contributed by atoms with E-state index in [0.29, 0.717) is 0 Å². The van der Waals surface area contributed by atoms with Gasteiger partial charge in [0.1, 0.15) is 6.10 Å². The molecule has 1 heterocycles. The maximum atomic E-state index is 12.5. The fourth-order valence-corrected chi connectivity index (χ4v) is 3.56. The molecule has 1 aromatic carbocycles. The van der Waals surface area contributed by atoms with E-state index in [9.17, 15) is 14.5 Å². The van der Waals surface area contributed by atoms with E-state index < -0.39 is 20.2 Å². The van der Waals surface area contributed by atoms with Gasteiger partial charge in [0.25, 0.3) is 0 Å². The maximum Gasteiger partial charge on any atom is 0.643 e. The van der Waals surface area contributed by atoms with Gasteiger partial charge in [-0.25, -0.2) is 0 Å². The SMILES string of the molecule is CC(C)ON(C(Cc1c[nH]c2ccccc12)C(=O)O)[P+](=O)OC(C)C. The first kappa shape index (κ1) is 19.5. The molecule has 0 bridgehead atoms. The molecule has 0 aliphatic rings. The van der Waals surface area contributed by atoms with Crippen molar-refractivity contribution >= 4 is 25.1 Å². The summed E-state index contributed by atoms with van der Waals surface area (Å²) in [6, 6.07) is 6.49. The summed E-state index contributed by atoms with van der Waals surface area (Å²) >= 11 is 0. The highest BCUT2D eigenvalue weighted by atomic mass is 31.1. The predicted octanol–water partition coefficient (Wildman–Crippen LogP) is 3.89. The highest BCUT2D eigenvalue weighted by molar-refractivity contribution is 7.36. The molecule has 2 N–H and O–H groups in total. The number of aliphatic carboxylic acids is 1. The molecule has 0 aliphatic carbocycles. The number of fused-ring (bicyclic) bond motifs is 1. The van der Waals surface area contributed by atoms with Gasteiger partial charge in [-0.15, -0.1) is 4.52 Å². The van der Waals surface area contributed by atoms with Crippen molar-refractivity contribution in [3.63, 3.8) is 0 Å². The zero-order chi connectivity index (χ0) is 18.6. The lowest BCUT2D eigenvalue weighted by Crippen LogP contribution is -2.40. The number of aromatic nitrogens is 1. The van der Waals surface area contributed by atoms with Crippen LogP contribution in [0.5, 0.6) is 0 Å². The third-order valence-electron chi connectivity index (χ3n) is 3.42. The Labute approximate surface area is 147 Å². The number of rotatable bonds is 9. The average Bonchev–Trinajstić information content (AvgIpc) is 2.92. The summed E-state index contributed by atoms with van der Waals surface area (Å²) in [6.45, 7) is 6.96. The van der Waals surface area contributed by atoms with Gasteiger partial charge in [-0.2, -0.15) is 0 Å². The Morgan fingerprint density at radius 2 is 1.92 bits per heavy atom. The van der Waals surface area contributed by atoms with Crippen LogP contribution in [0.1, 0.15) is 33.3 Å². The molecule has 25 heavy (non-hydrogen) atoms. The molecule has 0 amide bonds. The normalized spacial score (nSPS) is 13.8. The van der Waals surface area contributed by atoms with Gasteiger partial charge in [0.15, 0.2) is 6.04 Å². The quantitative estimate of drug-likeness (QED) is 0.516. The van der Waals surface area contributed by atoms with Crippen LogP contribution in [0.4, 0.5) is 0 Å². The molecule has 0 saturated carbocycles. The van der Waals surface area contributed by atoms with Crippen molar-refractivity contribution in [3.8, 4) is 0 Å². The maximum absolute atomic E-state index is 12.5. The van der Waals surface area contributed by atoms with Gasteiger partial charge < -0.3 is 10.1 Å². The van der Waals surface area contributed by atoms with E-state index in [-0.39, 0.29) is 18.6 Å². The number of nitrogens with zero attached hydrogens (tertiary/aromatic N) is 1. The first-order valence-corrected chi connectivity index (χ1v) is 9.30. The Bertz CT molecular complexity index is 743. The van der Waals surface area contributed by atoms with E-state index in [0.717, 1.165) is 21.3 Å². The van der Waals surface area contributed by atoms with Crippen LogP contribution >= 0.6 is 8.18 Å². The van der Waals surface area contributed by atoms with Crippen LogP contribution in [0.3, 0.4) is 0 Å². The Morgan fingerprint density at radius 3 is 2.52 bits per heavy atom. The van der Waals surface area contributed by atoms with Crippen LogP contribution < -0.4 is 0 Å². The standard InChI is InChI=1S/C17H23N2O5P/c1-11(2)23-19(25(22)24-12(3)4)16(17(20)21)9-13-10-18-15-8-6-5-7-14(13)15/h5-8,10-12,16,18H,9H2,1-4H3/p+1. The second-order valence-corrected chi connectivity index (χ2v) is 7.35. The molecular formula is C17H24N2O5P+. The molecule has 2 aromatic rings. The Balaban J connectivity index is 2.32. The van der Waals surface area contributed by atoms with Crippen molar-refractivity contribution in [2.45, 2.75) is 52.4 Å². The first-order valence-electron chi connectivity index (χ1n) is 8.17. The number of benzene rings is 1. The van der Waals surface area contributed by atoms with Crippen LogP contribution in [-0.4, -0.2) is 39.1 Å². The number of nitrogens with one attached hydrogen (secondary N) is 1. The molecule has 1 aromatic heterocycles. The second kappa shape index (κ2) is 8.54. The lowest BCUT2D eigenvalue weighted by Gasteiger charge is -2.19. The van der Waals surface area contributed by atoms with Crippen molar-refractivity contribution in [1.82, 2.24) is 9.82 Å². The number of H-pyrrole nitrogens is 1. The fraction of sp³-hybridized carbons (Fsp3) is 0.471. The number of carbonyl (C=O) groups is 1. The Kier molecular flexibility index (Phi) is 6.67. The molecule has 0 saturated heterocycles. The summed E-state index contributed by atoms with van der Waals surface area (Å²) in [5, 5.41) is 10.6. The van der Waals surface area contributed by atoms with E-state index >= 15 is 0 Å². The van der Waals surface area contributed by atoms with Gasteiger partial charge in [-0.05, 0) is 43.9 Å². The van der Waals surface area contributed by atoms with E-state index in [4.69, 9.17) is 9.36 Å². The number of hydrogen-bond donors (Lipinski definition) is 2. The number of para-hydroxylation sites is 1. The third-order valence-corrected chi connectivity index (χ3v) is 4.72. The molecular weight excluding hydrogens is 343 g/mol. The molecule has 136 valence electrons. The van der Waals surface area contributed by atoms with Gasteiger partial charge in [0, 0.05) is 23.5 Å². The lowest BCUT2D eigenvalue weighted by molar-refractivity contribution is -0.176. The molecule has 7 nitrogen and oxygen atoms in total. The fourth-order valence-electron chi connectivity index (χ4n) is 2.44. The lowest BCUT2D eigenvalue weighted by atomic mass is 10.1. The molecule has 0 radical (unpaired) electrons. The van der Waals surface area contributed by atoms with E-state index in [1.165, 1.54) is 0 Å². The minimum absolute atomic E-state index is 0.134.